The molecule has 20 heavy (non-hydrogen) atoms. The van der Waals surface area contributed by atoms with Gasteiger partial charge in [0.25, 0.3) is 0 Å². The van der Waals surface area contributed by atoms with E-state index in [1.54, 1.807) is 6.07 Å². The molecule has 0 bridgehead atoms. The molecule has 0 N–H and O–H groups in total. The quantitative estimate of drug-likeness (QED) is 0.850. The molecule has 4 nitrogen and oxygen atoms in total. The van der Waals surface area contributed by atoms with Crippen LogP contribution in [0.1, 0.15) is 12.8 Å². The van der Waals surface area contributed by atoms with Crippen LogP contribution in [0.2, 0.25) is 10.3 Å². The van der Waals surface area contributed by atoms with Gasteiger partial charge < -0.3 is 4.90 Å². The van der Waals surface area contributed by atoms with Crippen LogP contribution in [0.5, 0.6) is 0 Å². The van der Waals surface area contributed by atoms with Crippen LogP contribution < -0.4 is 4.90 Å². The summed E-state index contributed by atoms with van der Waals surface area (Å²) < 4.78 is 13.4. The Morgan fingerprint density at radius 2 is 1.75 bits per heavy atom. The van der Waals surface area contributed by atoms with E-state index in [0.717, 1.165) is 25.9 Å². The minimum Gasteiger partial charge on any atom is -0.341 e. The molecule has 3 rings (SSSR count). The van der Waals surface area contributed by atoms with E-state index in [9.17, 15) is 4.39 Å². The fraction of sp³-hybridized carbons (Fsp3) is 0.308. The second-order valence-electron chi connectivity index (χ2n) is 4.58. The number of aromatic nitrogens is 3. The summed E-state index contributed by atoms with van der Waals surface area (Å²) in [5.41, 5.74) is 0.486. The molecule has 0 atom stereocenters. The van der Waals surface area contributed by atoms with Crippen LogP contribution in [-0.4, -0.2) is 28.0 Å². The number of hydrogen-bond donors (Lipinski definition) is 0. The topological polar surface area (TPSA) is 41.9 Å². The Labute approximate surface area is 125 Å². The van der Waals surface area contributed by atoms with Gasteiger partial charge in [0.05, 0.1) is 0 Å². The first-order valence-electron chi connectivity index (χ1n) is 6.25. The van der Waals surface area contributed by atoms with Gasteiger partial charge in [0.2, 0.25) is 11.2 Å². The van der Waals surface area contributed by atoms with Gasteiger partial charge in [-0.1, -0.05) is 11.6 Å². The molecule has 1 aliphatic heterocycles. The molecule has 7 heteroatoms. The maximum Gasteiger partial charge on any atom is 0.230 e. The number of benzene rings is 1. The Bertz CT molecular complexity index is 624. The van der Waals surface area contributed by atoms with Gasteiger partial charge in [0, 0.05) is 23.7 Å². The molecule has 2 aromatic rings. The Hall–Kier alpha value is -1.46. The molecule has 2 heterocycles. The molecule has 0 saturated carbocycles. The van der Waals surface area contributed by atoms with Gasteiger partial charge in [-0.15, -0.1) is 0 Å². The minimum atomic E-state index is -0.438. The van der Waals surface area contributed by atoms with E-state index in [4.69, 9.17) is 23.2 Å². The highest BCUT2D eigenvalue weighted by Crippen LogP contribution is 2.25. The zero-order valence-electron chi connectivity index (χ0n) is 10.5. The average molecular weight is 313 g/mol. The summed E-state index contributed by atoms with van der Waals surface area (Å²) in [5.74, 6) is 0.415. The summed E-state index contributed by atoms with van der Waals surface area (Å²) in [4.78, 5) is 14.6. The molecule has 0 unspecified atom stereocenters. The number of halogens is 3. The maximum atomic E-state index is 13.4. The van der Waals surface area contributed by atoms with Crippen molar-refractivity contribution in [2.75, 3.05) is 18.0 Å². The van der Waals surface area contributed by atoms with Gasteiger partial charge in [0.1, 0.15) is 5.82 Å². The van der Waals surface area contributed by atoms with E-state index in [1.165, 1.54) is 12.1 Å². The first-order chi connectivity index (χ1) is 9.61. The van der Waals surface area contributed by atoms with E-state index in [-0.39, 0.29) is 5.28 Å². The molecule has 1 aromatic heterocycles. The van der Waals surface area contributed by atoms with Crippen LogP contribution >= 0.6 is 23.2 Å². The lowest BCUT2D eigenvalue weighted by molar-refractivity contribution is 0.628. The third-order valence-electron chi connectivity index (χ3n) is 3.11. The third kappa shape index (κ3) is 2.83. The molecule has 1 saturated heterocycles. The summed E-state index contributed by atoms with van der Waals surface area (Å²) >= 11 is 11.8. The number of hydrogen-bond acceptors (Lipinski definition) is 4. The molecule has 0 spiro atoms. The Morgan fingerprint density at radius 3 is 2.45 bits per heavy atom. The van der Waals surface area contributed by atoms with Crippen molar-refractivity contribution in [2.45, 2.75) is 12.8 Å². The van der Waals surface area contributed by atoms with Crippen molar-refractivity contribution in [2.24, 2.45) is 0 Å². The van der Waals surface area contributed by atoms with Gasteiger partial charge in [-0.3, -0.25) is 0 Å². The lowest BCUT2D eigenvalue weighted by Gasteiger charge is -2.15. The highest BCUT2D eigenvalue weighted by atomic mass is 35.5. The van der Waals surface area contributed by atoms with Crippen LogP contribution in [0.4, 0.5) is 10.3 Å². The maximum absolute atomic E-state index is 13.4. The van der Waals surface area contributed by atoms with Gasteiger partial charge >= 0.3 is 0 Å². The van der Waals surface area contributed by atoms with E-state index in [0.29, 0.717) is 22.4 Å². The van der Waals surface area contributed by atoms with Crippen LogP contribution in [0, 0.1) is 5.82 Å². The molecule has 1 aromatic carbocycles. The van der Waals surface area contributed by atoms with E-state index >= 15 is 0 Å². The predicted molar refractivity (Wildman–Crippen MR) is 76.7 cm³/mol. The van der Waals surface area contributed by atoms with E-state index in [2.05, 4.69) is 15.0 Å². The van der Waals surface area contributed by atoms with Crippen molar-refractivity contribution in [1.82, 2.24) is 15.0 Å². The molecule has 0 amide bonds. The summed E-state index contributed by atoms with van der Waals surface area (Å²) in [6.45, 7) is 1.79. The monoisotopic (exact) mass is 312 g/mol. The van der Waals surface area contributed by atoms with Crippen molar-refractivity contribution in [1.29, 1.82) is 0 Å². The highest BCUT2D eigenvalue weighted by molar-refractivity contribution is 6.30. The molecule has 1 aliphatic rings. The standard InChI is InChI=1S/C13H11Cl2FN4/c14-9-5-8(6-10(16)7-9)11-17-12(15)19-13(18-11)20-3-1-2-4-20/h5-7H,1-4H2. The second-order valence-corrected chi connectivity index (χ2v) is 5.35. The molecule has 1 fully saturated rings. The fourth-order valence-electron chi connectivity index (χ4n) is 2.21. The Balaban J connectivity index is 2.04. The van der Waals surface area contributed by atoms with E-state index < -0.39 is 5.82 Å². The third-order valence-corrected chi connectivity index (χ3v) is 3.49. The van der Waals surface area contributed by atoms with Gasteiger partial charge in [-0.05, 0) is 42.6 Å². The number of rotatable bonds is 2. The molecular weight excluding hydrogens is 302 g/mol. The predicted octanol–water partition coefficient (Wildman–Crippen LogP) is 3.58. The highest BCUT2D eigenvalue weighted by Gasteiger charge is 2.17. The van der Waals surface area contributed by atoms with Gasteiger partial charge in [0.15, 0.2) is 5.82 Å². The summed E-state index contributed by atoms with van der Waals surface area (Å²) in [6, 6.07) is 4.16. The largest absolute Gasteiger partial charge is 0.341 e. The molecule has 0 radical (unpaired) electrons. The normalized spacial score (nSPS) is 14.8. The minimum absolute atomic E-state index is 0.0947. The van der Waals surface area contributed by atoms with Gasteiger partial charge in [-0.25, -0.2) is 4.39 Å². The first kappa shape index (κ1) is 13.5. The first-order valence-corrected chi connectivity index (χ1v) is 7.00. The van der Waals surface area contributed by atoms with Crippen LogP contribution in [-0.2, 0) is 0 Å². The summed E-state index contributed by atoms with van der Waals surface area (Å²) in [6.07, 6.45) is 2.20. The van der Waals surface area contributed by atoms with Crippen molar-refractivity contribution < 1.29 is 4.39 Å². The van der Waals surface area contributed by atoms with Crippen LogP contribution in [0.3, 0.4) is 0 Å². The van der Waals surface area contributed by atoms with Crippen molar-refractivity contribution in [3.63, 3.8) is 0 Å². The Morgan fingerprint density at radius 1 is 1.00 bits per heavy atom. The van der Waals surface area contributed by atoms with E-state index in [1.807, 2.05) is 4.90 Å². The number of nitrogens with zero attached hydrogens (tertiary/aromatic N) is 4. The smallest absolute Gasteiger partial charge is 0.230 e. The lowest BCUT2D eigenvalue weighted by atomic mass is 10.2. The van der Waals surface area contributed by atoms with Crippen molar-refractivity contribution in [3.8, 4) is 11.4 Å². The summed E-state index contributed by atoms with van der Waals surface area (Å²) in [7, 11) is 0. The van der Waals surface area contributed by atoms with Crippen molar-refractivity contribution >= 4 is 29.2 Å². The molecule has 0 aliphatic carbocycles. The second kappa shape index (κ2) is 5.50. The Kier molecular flexibility index (Phi) is 3.72. The summed E-state index contributed by atoms with van der Waals surface area (Å²) in [5, 5.41) is 0.386. The SMILES string of the molecule is Fc1cc(Cl)cc(-c2nc(Cl)nc(N3CCCC3)n2)c1. The average Bonchev–Trinajstić information content (AvgIpc) is 2.90. The lowest BCUT2D eigenvalue weighted by Crippen LogP contribution is -2.21. The molecular formula is C13H11Cl2FN4. The van der Waals surface area contributed by atoms with Gasteiger partial charge in [-0.2, -0.15) is 15.0 Å². The zero-order valence-corrected chi connectivity index (χ0v) is 12.0. The number of anilines is 1. The van der Waals surface area contributed by atoms with Crippen LogP contribution in [0.25, 0.3) is 11.4 Å². The van der Waals surface area contributed by atoms with Crippen molar-refractivity contribution in [3.05, 3.63) is 34.3 Å². The fourth-order valence-corrected chi connectivity index (χ4v) is 2.59. The van der Waals surface area contributed by atoms with Crippen LogP contribution in [0.15, 0.2) is 18.2 Å². The molecule has 104 valence electrons. The zero-order chi connectivity index (χ0) is 14.1.